The number of H-pyrrole nitrogens is 1. The van der Waals surface area contributed by atoms with Crippen LogP contribution in [0.3, 0.4) is 0 Å². The number of ether oxygens (including phenoxy) is 1. The molecule has 6 heteroatoms. The van der Waals surface area contributed by atoms with Crippen LogP contribution in [0.15, 0.2) is 41.4 Å². The Morgan fingerprint density at radius 2 is 2.04 bits per heavy atom. The first-order valence-corrected chi connectivity index (χ1v) is 7.92. The van der Waals surface area contributed by atoms with Gasteiger partial charge in [0.05, 0.1) is 10.5 Å². The monoisotopic (exact) mass is 330 g/mol. The van der Waals surface area contributed by atoms with Crippen molar-refractivity contribution in [2.75, 3.05) is 5.75 Å². The predicted octanol–water partition coefficient (Wildman–Crippen LogP) is 5.22. The Labute approximate surface area is 135 Å². The fourth-order valence-corrected chi connectivity index (χ4v) is 3.17. The molecule has 0 fully saturated rings. The molecule has 0 radical (unpaired) electrons. The number of nitriles is 1. The first-order chi connectivity index (χ1) is 11.1. The van der Waals surface area contributed by atoms with Crippen molar-refractivity contribution >= 4 is 22.7 Å². The van der Waals surface area contributed by atoms with E-state index in [0.29, 0.717) is 10.4 Å². The van der Waals surface area contributed by atoms with Crippen molar-refractivity contribution in [1.29, 1.82) is 5.26 Å². The van der Waals surface area contributed by atoms with E-state index in [0.717, 1.165) is 17.2 Å². The SMILES string of the molecule is CCSc1c(Oc2ccc(F)c(C#N)c2)c(F)cc2[nH]ccc12. The summed E-state index contributed by atoms with van der Waals surface area (Å²) in [6.45, 7) is 1.96. The molecule has 1 heterocycles. The van der Waals surface area contributed by atoms with Gasteiger partial charge < -0.3 is 9.72 Å². The predicted molar refractivity (Wildman–Crippen MR) is 85.8 cm³/mol. The summed E-state index contributed by atoms with van der Waals surface area (Å²) in [5.41, 5.74) is 0.540. The van der Waals surface area contributed by atoms with E-state index < -0.39 is 11.6 Å². The number of halogens is 2. The third kappa shape index (κ3) is 2.88. The van der Waals surface area contributed by atoms with Crippen LogP contribution in [0.1, 0.15) is 12.5 Å². The van der Waals surface area contributed by atoms with Crippen molar-refractivity contribution in [3.63, 3.8) is 0 Å². The average molecular weight is 330 g/mol. The zero-order valence-corrected chi connectivity index (χ0v) is 13.0. The smallest absolute Gasteiger partial charge is 0.177 e. The number of hydrogen-bond acceptors (Lipinski definition) is 3. The number of benzene rings is 2. The highest BCUT2D eigenvalue weighted by Crippen LogP contribution is 2.40. The summed E-state index contributed by atoms with van der Waals surface area (Å²) in [6.07, 6.45) is 1.74. The molecule has 23 heavy (non-hydrogen) atoms. The van der Waals surface area contributed by atoms with Gasteiger partial charge in [-0.2, -0.15) is 5.26 Å². The zero-order chi connectivity index (χ0) is 16.4. The fourth-order valence-electron chi connectivity index (χ4n) is 2.28. The molecule has 0 saturated carbocycles. The van der Waals surface area contributed by atoms with Crippen LogP contribution in [0.2, 0.25) is 0 Å². The molecule has 3 nitrogen and oxygen atoms in total. The molecular weight excluding hydrogens is 318 g/mol. The van der Waals surface area contributed by atoms with Crippen molar-refractivity contribution in [2.45, 2.75) is 11.8 Å². The van der Waals surface area contributed by atoms with Crippen LogP contribution >= 0.6 is 11.8 Å². The summed E-state index contributed by atoms with van der Waals surface area (Å²) < 4.78 is 33.5. The third-order valence-corrected chi connectivity index (χ3v) is 4.27. The van der Waals surface area contributed by atoms with Gasteiger partial charge in [0, 0.05) is 29.2 Å². The molecule has 0 atom stereocenters. The largest absolute Gasteiger partial charge is 0.453 e. The Balaban J connectivity index is 2.10. The Morgan fingerprint density at radius 3 is 2.78 bits per heavy atom. The molecule has 1 N–H and O–H groups in total. The van der Waals surface area contributed by atoms with Gasteiger partial charge in [-0.05, 0) is 24.0 Å². The van der Waals surface area contributed by atoms with Crippen LogP contribution in [0.5, 0.6) is 11.5 Å². The Kier molecular flexibility index (Phi) is 4.22. The molecule has 0 aliphatic carbocycles. The minimum atomic E-state index is -0.635. The molecule has 3 rings (SSSR count). The molecule has 3 aromatic rings. The highest BCUT2D eigenvalue weighted by Gasteiger charge is 2.17. The summed E-state index contributed by atoms with van der Waals surface area (Å²) in [5, 5.41) is 9.75. The number of nitrogens with zero attached hydrogens (tertiary/aromatic N) is 1. The van der Waals surface area contributed by atoms with Crippen LogP contribution < -0.4 is 4.74 Å². The van der Waals surface area contributed by atoms with E-state index in [1.165, 1.54) is 30.0 Å². The average Bonchev–Trinajstić information content (AvgIpc) is 3.00. The van der Waals surface area contributed by atoms with Crippen LogP contribution in [0.4, 0.5) is 8.78 Å². The van der Waals surface area contributed by atoms with Gasteiger partial charge in [0.1, 0.15) is 17.6 Å². The van der Waals surface area contributed by atoms with Crippen LogP contribution in [-0.2, 0) is 0 Å². The molecular formula is C17H12F2N2OS. The maximum atomic E-state index is 14.4. The van der Waals surface area contributed by atoms with Crippen molar-refractivity contribution in [3.8, 4) is 17.6 Å². The lowest BCUT2D eigenvalue weighted by Gasteiger charge is -2.13. The van der Waals surface area contributed by atoms with E-state index in [9.17, 15) is 8.78 Å². The van der Waals surface area contributed by atoms with Crippen molar-refractivity contribution in [3.05, 3.63) is 53.7 Å². The van der Waals surface area contributed by atoms with Gasteiger partial charge in [0.25, 0.3) is 0 Å². The highest BCUT2D eigenvalue weighted by atomic mass is 32.2. The van der Waals surface area contributed by atoms with Crippen LogP contribution in [-0.4, -0.2) is 10.7 Å². The Morgan fingerprint density at radius 1 is 1.22 bits per heavy atom. The number of fused-ring (bicyclic) bond motifs is 1. The normalized spacial score (nSPS) is 10.7. The maximum Gasteiger partial charge on any atom is 0.177 e. The molecule has 1 aromatic heterocycles. The van der Waals surface area contributed by atoms with Gasteiger partial charge in [-0.3, -0.25) is 0 Å². The summed E-state index contributed by atoms with van der Waals surface area (Å²) >= 11 is 1.46. The summed E-state index contributed by atoms with van der Waals surface area (Å²) in [7, 11) is 0. The molecule has 0 saturated heterocycles. The molecule has 0 unspecified atom stereocenters. The number of hydrogen-bond donors (Lipinski definition) is 1. The second-order valence-electron chi connectivity index (χ2n) is 4.74. The fraction of sp³-hybridized carbons (Fsp3) is 0.118. The Hall–Kier alpha value is -2.52. The lowest BCUT2D eigenvalue weighted by Crippen LogP contribution is -1.94. The summed E-state index contributed by atoms with van der Waals surface area (Å²) in [5.74, 6) is -0.107. The number of nitrogens with one attached hydrogen (secondary N) is 1. The van der Waals surface area contributed by atoms with Gasteiger partial charge in [-0.25, -0.2) is 8.78 Å². The van der Waals surface area contributed by atoms with Gasteiger partial charge in [0.15, 0.2) is 11.6 Å². The van der Waals surface area contributed by atoms with E-state index in [-0.39, 0.29) is 17.1 Å². The van der Waals surface area contributed by atoms with E-state index in [1.54, 1.807) is 12.3 Å². The molecule has 0 spiro atoms. The van der Waals surface area contributed by atoms with Crippen LogP contribution in [0, 0.1) is 23.0 Å². The molecule has 2 aromatic carbocycles. The lowest BCUT2D eigenvalue weighted by molar-refractivity contribution is 0.431. The minimum absolute atomic E-state index is 0.0828. The molecule has 0 aliphatic rings. The zero-order valence-electron chi connectivity index (χ0n) is 12.2. The Bertz CT molecular complexity index is 915. The molecule has 0 amide bonds. The number of aromatic nitrogens is 1. The first kappa shape index (κ1) is 15.4. The van der Waals surface area contributed by atoms with Crippen LogP contribution in [0.25, 0.3) is 10.9 Å². The van der Waals surface area contributed by atoms with Crippen molar-refractivity contribution in [1.82, 2.24) is 4.98 Å². The maximum absolute atomic E-state index is 14.4. The number of aromatic amines is 1. The van der Waals surface area contributed by atoms with Gasteiger partial charge in [-0.15, -0.1) is 11.8 Å². The van der Waals surface area contributed by atoms with Gasteiger partial charge >= 0.3 is 0 Å². The third-order valence-electron chi connectivity index (χ3n) is 3.28. The van der Waals surface area contributed by atoms with Gasteiger partial charge in [-0.1, -0.05) is 6.92 Å². The quantitative estimate of drug-likeness (QED) is 0.667. The van der Waals surface area contributed by atoms with E-state index in [4.69, 9.17) is 10.00 Å². The number of thioether (sulfide) groups is 1. The van der Waals surface area contributed by atoms with Crippen molar-refractivity contribution in [2.24, 2.45) is 0 Å². The summed E-state index contributed by atoms with van der Waals surface area (Å²) in [6, 6.07) is 8.72. The first-order valence-electron chi connectivity index (χ1n) is 6.94. The van der Waals surface area contributed by atoms with E-state index in [1.807, 2.05) is 13.0 Å². The molecule has 0 aliphatic heterocycles. The lowest BCUT2D eigenvalue weighted by atomic mass is 10.2. The van der Waals surface area contributed by atoms with E-state index in [2.05, 4.69) is 4.98 Å². The summed E-state index contributed by atoms with van der Waals surface area (Å²) in [4.78, 5) is 3.65. The second kappa shape index (κ2) is 6.31. The minimum Gasteiger partial charge on any atom is -0.453 e. The molecule has 0 bridgehead atoms. The highest BCUT2D eigenvalue weighted by molar-refractivity contribution is 7.99. The second-order valence-corrected chi connectivity index (χ2v) is 6.02. The van der Waals surface area contributed by atoms with Crippen molar-refractivity contribution < 1.29 is 13.5 Å². The van der Waals surface area contributed by atoms with Gasteiger partial charge in [0.2, 0.25) is 0 Å². The topological polar surface area (TPSA) is 48.8 Å². The molecule has 116 valence electrons. The number of rotatable bonds is 4. The standard InChI is InChI=1S/C17H12F2N2OS/c1-2-23-17-12-5-6-21-15(12)8-14(19)16(17)22-11-3-4-13(18)10(7-11)9-20/h3-8,21H,2H2,1H3. The van der Waals surface area contributed by atoms with E-state index >= 15 is 0 Å².